The highest BCUT2D eigenvalue weighted by Crippen LogP contribution is 2.39. The normalized spacial score (nSPS) is 15.6. The summed E-state index contributed by atoms with van der Waals surface area (Å²) in [5, 5.41) is 12.5. The van der Waals surface area contributed by atoms with Crippen LogP contribution in [0.5, 0.6) is 17.2 Å². The number of likely N-dealkylation sites (N-methyl/N-ethyl adjacent to an activating group) is 2. The van der Waals surface area contributed by atoms with E-state index in [1.54, 1.807) is 29.8 Å². The van der Waals surface area contributed by atoms with E-state index in [0.29, 0.717) is 51.8 Å². The van der Waals surface area contributed by atoms with Gasteiger partial charge in [0.25, 0.3) is 5.56 Å². The molecule has 50 heavy (non-hydrogen) atoms. The first-order valence-electron chi connectivity index (χ1n) is 16.4. The van der Waals surface area contributed by atoms with Crippen LogP contribution >= 0.6 is 0 Å². The summed E-state index contributed by atoms with van der Waals surface area (Å²) in [4.78, 5) is 72.4. The number of rotatable bonds is 12. The molecule has 3 amide bonds. The third-order valence-electron chi connectivity index (χ3n) is 8.94. The van der Waals surface area contributed by atoms with Crippen LogP contribution in [0.2, 0.25) is 0 Å². The number of amides is 3. The number of fused-ring (bicyclic) bond motifs is 6. The van der Waals surface area contributed by atoms with Gasteiger partial charge in [0.1, 0.15) is 12.4 Å². The molecule has 0 bridgehead atoms. The van der Waals surface area contributed by atoms with Gasteiger partial charge in [-0.1, -0.05) is 6.92 Å². The van der Waals surface area contributed by atoms with Crippen LogP contribution in [0.1, 0.15) is 31.7 Å². The second-order valence-corrected chi connectivity index (χ2v) is 12.8. The molecule has 1 atom stereocenters. The SMILES string of the molecule is CC1CC(=O)N(CCCC(=O)OCCN(C)C(=O)Oc2cc3c(=O)n(CCN(C)C)c4c5cc6c(cc5ncc4c3cc2CO)OCO6)C1=O. The van der Waals surface area contributed by atoms with Gasteiger partial charge in [-0.3, -0.25) is 29.1 Å². The smallest absolute Gasteiger partial charge is 0.415 e. The standard InChI is InChI=1S/C35H39N5O10/c1-20-12-30(42)39(33(20)44)7-5-6-31(43)47-11-10-38(4)35(46)50-27-14-23-22(13-21(27)18-41)25-17-36-26-16-29-28(48-19-49-29)15-24(26)32(25)40(34(23)45)9-8-37(2)3/h13-17,20,41H,5-12,18-19H2,1-4H3. The van der Waals surface area contributed by atoms with Crippen LogP contribution < -0.4 is 19.8 Å². The summed E-state index contributed by atoms with van der Waals surface area (Å²) in [5.74, 6) is -0.201. The number of carbonyl (C=O) groups is 4. The summed E-state index contributed by atoms with van der Waals surface area (Å²) < 4.78 is 23.7. The minimum atomic E-state index is -0.785. The molecular formula is C35H39N5O10. The number of aromatic nitrogens is 2. The van der Waals surface area contributed by atoms with E-state index in [-0.39, 0.29) is 85.7 Å². The Morgan fingerprint density at radius 2 is 1.74 bits per heavy atom. The number of nitrogens with zero attached hydrogens (tertiary/aromatic N) is 5. The Morgan fingerprint density at radius 1 is 0.980 bits per heavy atom. The van der Waals surface area contributed by atoms with E-state index in [1.807, 2.05) is 25.1 Å². The third kappa shape index (κ3) is 6.78. The lowest BCUT2D eigenvalue weighted by Gasteiger charge is -2.20. The number of ether oxygens (including phenoxy) is 4. The Morgan fingerprint density at radius 3 is 2.44 bits per heavy atom. The lowest BCUT2D eigenvalue weighted by molar-refractivity contribution is -0.145. The molecule has 2 aromatic carbocycles. The number of benzene rings is 2. The van der Waals surface area contributed by atoms with Gasteiger partial charge in [-0.05, 0) is 44.1 Å². The van der Waals surface area contributed by atoms with Crippen molar-refractivity contribution in [1.82, 2.24) is 24.3 Å². The summed E-state index contributed by atoms with van der Waals surface area (Å²) in [6, 6.07) is 6.69. The molecule has 2 aromatic heterocycles. The van der Waals surface area contributed by atoms with Crippen molar-refractivity contribution in [3.63, 3.8) is 0 Å². The lowest BCUT2D eigenvalue weighted by Crippen LogP contribution is -2.33. The summed E-state index contributed by atoms with van der Waals surface area (Å²) >= 11 is 0. The fraction of sp³-hybridized carbons (Fsp3) is 0.429. The largest absolute Gasteiger partial charge is 0.464 e. The van der Waals surface area contributed by atoms with Gasteiger partial charge in [-0.15, -0.1) is 0 Å². The molecule has 15 heteroatoms. The highest BCUT2D eigenvalue weighted by Gasteiger charge is 2.35. The third-order valence-corrected chi connectivity index (χ3v) is 8.94. The predicted octanol–water partition coefficient (Wildman–Crippen LogP) is 2.63. The Labute approximate surface area is 286 Å². The van der Waals surface area contributed by atoms with Gasteiger partial charge in [-0.2, -0.15) is 0 Å². The van der Waals surface area contributed by atoms with Crippen molar-refractivity contribution in [3.8, 4) is 17.2 Å². The molecule has 4 heterocycles. The van der Waals surface area contributed by atoms with Crippen molar-refractivity contribution >= 4 is 56.5 Å². The zero-order chi connectivity index (χ0) is 35.7. The second-order valence-electron chi connectivity index (χ2n) is 12.8. The number of imide groups is 1. The molecule has 1 fully saturated rings. The predicted molar refractivity (Wildman–Crippen MR) is 181 cm³/mol. The fourth-order valence-corrected chi connectivity index (χ4v) is 6.16. The summed E-state index contributed by atoms with van der Waals surface area (Å²) in [5.41, 5.74) is 1.26. The van der Waals surface area contributed by atoms with Gasteiger partial charge in [0.05, 0.1) is 29.6 Å². The monoisotopic (exact) mass is 689 g/mol. The van der Waals surface area contributed by atoms with Crippen LogP contribution in [0, 0.1) is 5.92 Å². The van der Waals surface area contributed by atoms with Gasteiger partial charge >= 0.3 is 12.1 Å². The molecule has 1 unspecified atom stereocenters. The zero-order valence-corrected chi connectivity index (χ0v) is 28.4. The highest BCUT2D eigenvalue weighted by atomic mass is 16.7. The van der Waals surface area contributed by atoms with Crippen LogP contribution in [0.15, 0.2) is 35.3 Å². The average molecular weight is 690 g/mol. The maximum Gasteiger partial charge on any atom is 0.415 e. The van der Waals surface area contributed by atoms with Crippen molar-refractivity contribution in [2.24, 2.45) is 5.92 Å². The van der Waals surface area contributed by atoms with E-state index in [0.717, 1.165) is 0 Å². The minimum absolute atomic E-state index is 0.00635. The maximum absolute atomic E-state index is 14.2. The van der Waals surface area contributed by atoms with Gasteiger partial charge in [-0.25, -0.2) is 4.79 Å². The van der Waals surface area contributed by atoms with Gasteiger partial charge in [0.15, 0.2) is 11.5 Å². The molecule has 1 N–H and O–H groups in total. The van der Waals surface area contributed by atoms with Crippen molar-refractivity contribution < 1.29 is 43.2 Å². The number of pyridine rings is 2. The Bertz CT molecular complexity index is 2080. The van der Waals surface area contributed by atoms with E-state index >= 15 is 0 Å². The van der Waals surface area contributed by atoms with Crippen LogP contribution in [0.4, 0.5) is 4.79 Å². The zero-order valence-electron chi connectivity index (χ0n) is 28.4. The van der Waals surface area contributed by atoms with Crippen molar-refractivity contribution in [2.75, 3.05) is 54.2 Å². The summed E-state index contributed by atoms with van der Waals surface area (Å²) in [7, 11) is 5.29. The molecule has 0 radical (unpaired) electrons. The Hall–Kier alpha value is -5.28. The first-order chi connectivity index (χ1) is 24.0. The molecule has 15 nitrogen and oxygen atoms in total. The molecule has 264 valence electrons. The van der Waals surface area contributed by atoms with Gasteiger partial charge in [0, 0.05) is 74.0 Å². The number of aliphatic hydroxyl groups excluding tert-OH is 1. The van der Waals surface area contributed by atoms with Crippen LogP contribution in [0.3, 0.4) is 0 Å². The van der Waals surface area contributed by atoms with Crippen LogP contribution in [-0.4, -0.2) is 107 Å². The topological polar surface area (TPSA) is 170 Å². The second kappa shape index (κ2) is 14.3. The molecule has 4 aromatic rings. The van der Waals surface area contributed by atoms with Gasteiger partial charge in [0.2, 0.25) is 18.6 Å². The van der Waals surface area contributed by atoms with E-state index < -0.39 is 18.7 Å². The Balaban J connectivity index is 1.19. The van der Waals surface area contributed by atoms with Crippen molar-refractivity contribution in [2.45, 2.75) is 39.3 Å². The first kappa shape index (κ1) is 34.6. The minimum Gasteiger partial charge on any atom is -0.464 e. The molecule has 0 spiro atoms. The molecule has 2 aliphatic heterocycles. The van der Waals surface area contributed by atoms with Crippen LogP contribution in [0.25, 0.3) is 32.6 Å². The van der Waals surface area contributed by atoms with Crippen molar-refractivity contribution in [1.29, 1.82) is 0 Å². The summed E-state index contributed by atoms with van der Waals surface area (Å²) in [6.45, 7) is 2.28. The number of likely N-dealkylation sites (tertiary alicyclic amines) is 1. The average Bonchev–Trinajstić information content (AvgIpc) is 3.64. The van der Waals surface area contributed by atoms with E-state index in [2.05, 4.69) is 4.98 Å². The molecular weight excluding hydrogens is 650 g/mol. The molecule has 2 aliphatic rings. The number of carbonyl (C=O) groups excluding carboxylic acids is 4. The van der Waals surface area contributed by atoms with Crippen LogP contribution in [-0.2, 0) is 32.3 Å². The fourth-order valence-electron chi connectivity index (χ4n) is 6.16. The number of aliphatic hydroxyl groups is 1. The quantitative estimate of drug-likeness (QED) is 0.131. The van der Waals surface area contributed by atoms with E-state index in [9.17, 15) is 29.1 Å². The van der Waals surface area contributed by atoms with E-state index in [1.165, 1.54) is 22.9 Å². The summed E-state index contributed by atoms with van der Waals surface area (Å²) in [6.07, 6.45) is 1.36. The lowest BCUT2D eigenvalue weighted by atomic mass is 10.0. The van der Waals surface area contributed by atoms with Gasteiger partial charge < -0.3 is 38.4 Å². The van der Waals surface area contributed by atoms with Crippen molar-refractivity contribution in [3.05, 3.63) is 46.4 Å². The number of esters is 1. The molecule has 1 saturated heterocycles. The molecule has 0 aliphatic carbocycles. The highest BCUT2D eigenvalue weighted by molar-refractivity contribution is 6.15. The number of hydrogen-bond acceptors (Lipinski definition) is 12. The molecule has 6 rings (SSSR count). The maximum atomic E-state index is 14.2. The molecule has 0 saturated carbocycles. The van der Waals surface area contributed by atoms with E-state index in [4.69, 9.17) is 18.9 Å². The first-order valence-corrected chi connectivity index (χ1v) is 16.4. The number of hydrogen-bond donors (Lipinski definition) is 1. The Kier molecular flexibility index (Phi) is 9.88.